The van der Waals surface area contributed by atoms with Crippen molar-refractivity contribution in [3.8, 4) is 0 Å². The van der Waals surface area contributed by atoms with Crippen molar-refractivity contribution in [3.63, 3.8) is 0 Å². The van der Waals surface area contributed by atoms with Gasteiger partial charge in [0.05, 0.1) is 26.4 Å². The zero-order valence-corrected chi connectivity index (χ0v) is 79.6. The van der Waals surface area contributed by atoms with Crippen molar-refractivity contribution in [3.05, 3.63) is 182 Å². The molecule has 0 aliphatic rings. The van der Waals surface area contributed by atoms with Crippen molar-refractivity contribution in [1.29, 1.82) is 0 Å². The minimum atomic E-state index is -4.95. The zero-order chi connectivity index (χ0) is 89.3. The summed E-state index contributed by atoms with van der Waals surface area (Å²) in [6, 6.07) is 0. The smallest absolute Gasteiger partial charge is 0.463 e. The summed E-state index contributed by atoms with van der Waals surface area (Å²) in [4.78, 5) is 59.1. The van der Waals surface area contributed by atoms with E-state index >= 15 is 0 Å². The van der Waals surface area contributed by atoms with Crippen molar-refractivity contribution in [2.45, 2.75) is 424 Å². The Bertz CT molecular complexity index is 2970. The standard InChI is InChI=1S/C105H178O16P2/c1-4-7-10-13-16-19-22-25-28-31-34-37-40-43-45-47-48-49-50-52-54-56-58-61-64-67-70-73-76-79-82-85-88-91-103(108)115-94-100(106)95-117-122(111,112)118-96-101(107)97-119-123(113,114)120-99-102(121-105(110)93-90-87-84-81-78-75-72-69-66-63-60-55-42-39-36-33-30-27-24-21-18-15-12-9-6-3)98-116-104(109)92-89-86-83-80-77-74-71-68-65-62-59-57-53-51-46-44-41-38-35-32-29-26-23-20-17-14-11-8-5-2/h7-8,10-11,16-21,25-30,34-39,43-46,53,55,57,60,100-102,106-107H,4-6,9,12-15,22-24,31-33,40-42,47-52,54,56,58-59,61-99H2,1-3H3,(H,111,112)(H,113,114)/b10-7-,11-8-,19-16-,20-17-,21-18-,28-25-,29-26-,30-27-,37-34-,38-35-,39-36-,45-43-,46-44-,57-53-,60-55-. The minimum Gasteiger partial charge on any atom is -0.463 e. The molecule has 16 nitrogen and oxygen atoms in total. The van der Waals surface area contributed by atoms with Gasteiger partial charge in [-0.15, -0.1) is 0 Å². The lowest BCUT2D eigenvalue weighted by Gasteiger charge is -2.21. The Morgan fingerprint density at radius 1 is 0.236 bits per heavy atom. The number of phosphoric ester groups is 2. The van der Waals surface area contributed by atoms with Gasteiger partial charge < -0.3 is 34.2 Å². The van der Waals surface area contributed by atoms with Gasteiger partial charge >= 0.3 is 33.6 Å². The van der Waals surface area contributed by atoms with Crippen LogP contribution in [0.1, 0.15) is 406 Å². The van der Waals surface area contributed by atoms with Crippen molar-refractivity contribution >= 4 is 33.6 Å². The van der Waals surface area contributed by atoms with Crippen LogP contribution in [0.5, 0.6) is 0 Å². The molecule has 0 fully saturated rings. The quantitative estimate of drug-likeness (QED) is 0.0146. The molecule has 0 saturated heterocycles. The predicted molar refractivity (Wildman–Crippen MR) is 518 cm³/mol. The molecule has 0 rings (SSSR count). The molecule has 0 heterocycles. The largest absolute Gasteiger partial charge is 0.472 e. The second kappa shape index (κ2) is 95.7. The SMILES string of the molecule is CC/C=C\C/C=C\C/C=C\C/C=C\C/C=C\C/C=C\CCCCCCCCCCCCC(=O)OCC(COP(=O)(O)OCC(O)COP(=O)(O)OCC(O)COC(=O)CCCCCCCCCCCCCCCCCCC/C=C\C/C=C\C/C=C\C/C=C\C/C=C\CC)OC(=O)CCCCCCCCCCC/C=C\C/C=C\C/C=C\C/C=C\CCCCC. The third-order valence-electron chi connectivity index (χ3n) is 20.6. The molecule has 0 saturated carbocycles. The fraction of sp³-hybridized carbons (Fsp3) is 0.686. The number of esters is 3. The summed E-state index contributed by atoms with van der Waals surface area (Å²) in [5, 5.41) is 20.8. The number of unbranched alkanes of at least 4 members (excludes halogenated alkanes) is 39. The topological polar surface area (TPSA) is 231 Å². The Kier molecular flexibility index (Phi) is 91.6. The molecule has 18 heteroatoms. The van der Waals surface area contributed by atoms with Gasteiger partial charge in [0, 0.05) is 19.3 Å². The van der Waals surface area contributed by atoms with E-state index in [0.29, 0.717) is 19.3 Å². The van der Waals surface area contributed by atoms with Gasteiger partial charge in [0.15, 0.2) is 6.10 Å². The lowest BCUT2D eigenvalue weighted by Crippen LogP contribution is -2.30. The van der Waals surface area contributed by atoms with E-state index in [9.17, 15) is 43.5 Å². The van der Waals surface area contributed by atoms with Gasteiger partial charge in [-0.2, -0.15) is 0 Å². The van der Waals surface area contributed by atoms with Crippen LogP contribution in [0.4, 0.5) is 0 Å². The molecule has 0 aromatic carbocycles. The Morgan fingerprint density at radius 2 is 0.431 bits per heavy atom. The number of hydrogen-bond donors (Lipinski definition) is 4. The highest BCUT2D eigenvalue weighted by atomic mass is 31.2. The Balaban J connectivity index is 4.61. The molecule has 0 aromatic heterocycles. The van der Waals surface area contributed by atoms with Crippen molar-refractivity contribution < 1.29 is 75.8 Å². The number of hydrogen-bond acceptors (Lipinski definition) is 14. The van der Waals surface area contributed by atoms with Crippen molar-refractivity contribution in [2.75, 3.05) is 39.6 Å². The Morgan fingerprint density at radius 3 is 0.683 bits per heavy atom. The molecule has 0 aromatic rings. The fourth-order valence-electron chi connectivity index (χ4n) is 13.2. The average molecular weight is 1760 g/mol. The van der Waals surface area contributed by atoms with Crippen LogP contribution in [0.2, 0.25) is 0 Å². The molecule has 0 spiro atoms. The normalized spacial score (nSPS) is 14.5. The molecule has 0 radical (unpaired) electrons. The summed E-state index contributed by atoms with van der Waals surface area (Å²) in [5.41, 5.74) is 0. The van der Waals surface area contributed by atoms with E-state index in [1.807, 2.05) is 0 Å². The molecule has 5 unspecified atom stereocenters. The summed E-state index contributed by atoms with van der Waals surface area (Å²) in [6.07, 6.45) is 127. The summed E-state index contributed by atoms with van der Waals surface area (Å²) < 4.78 is 61.6. The van der Waals surface area contributed by atoms with Gasteiger partial charge in [-0.3, -0.25) is 32.5 Å². The van der Waals surface area contributed by atoms with Crippen LogP contribution in [0.3, 0.4) is 0 Å². The first-order valence-electron chi connectivity index (χ1n) is 49.1. The van der Waals surface area contributed by atoms with Gasteiger partial charge in [0.1, 0.15) is 25.4 Å². The maximum atomic E-state index is 13.1. The van der Waals surface area contributed by atoms with Gasteiger partial charge in [-0.05, 0) is 161 Å². The maximum absolute atomic E-state index is 13.1. The van der Waals surface area contributed by atoms with Gasteiger partial charge in [-0.25, -0.2) is 9.13 Å². The highest BCUT2D eigenvalue weighted by Crippen LogP contribution is 2.45. The molecule has 5 atom stereocenters. The first kappa shape index (κ1) is 118. The number of rotatable bonds is 92. The van der Waals surface area contributed by atoms with Crippen LogP contribution in [0.25, 0.3) is 0 Å². The summed E-state index contributed by atoms with van der Waals surface area (Å²) in [6.45, 7) is 2.47. The first-order chi connectivity index (χ1) is 60.2. The van der Waals surface area contributed by atoms with Crippen LogP contribution in [-0.4, -0.2) is 95.9 Å². The van der Waals surface area contributed by atoms with Crippen LogP contribution in [-0.2, 0) is 55.8 Å². The number of allylic oxidation sites excluding steroid dienone is 30. The summed E-state index contributed by atoms with van der Waals surface area (Å²) in [7, 11) is -9.82. The molecular weight excluding hydrogens is 1580 g/mol. The third kappa shape index (κ3) is 97.1. The van der Waals surface area contributed by atoms with E-state index in [4.69, 9.17) is 32.3 Å². The first-order valence-corrected chi connectivity index (χ1v) is 52.1. The number of aliphatic hydroxyl groups excluding tert-OH is 2. The summed E-state index contributed by atoms with van der Waals surface area (Å²) in [5.74, 6) is -1.58. The maximum Gasteiger partial charge on any atom is 0.472 e. The molecule has 0 aliphatic carbocycles. The van der Waals surface area contributed by atoms with E-state index in [0.717, 1.165) is 173 Å². The number of aliphatic hydroxyl groups is 2. The molecule has 4 N–H and O–H groups in total. The zero-order valence-electron chi connectivity index (χ0n) is 77.8. The van der Waals surface area contributed by atoms with Crippen molar-refractivity contribution in [2.24, 2.45) is 0 Å². The molecule has 123 heavy (non-hydrogen) atoms. The predicted octanol–water partition coefficient (Wildman–Crippen LogP) is 30.8. The average Bonchev–Trinajstić information content (AvgIpc) is 0.898. The second-order valence-electron chi connectivity index (χ2n) is 32.5. The number of ether oxygens (including phenoxy) is 3. The van der Waals surface area contributed by atoms with Crippen LogP contribution in [0.15, 0.2) is 182 Å². The highest BCUT2D eigenvalue weighted by Gasteiger charge is 2.30. The monoisotopic (exact) mass is 1760 g/mol. The van der Waals surface area contributed by atoms with Crippen LogP contribution in [0, 0.1) is 0 Å². The van der Waals surface area contributed by atoms with Crippen LogP contribution >= 0.6 is 15.6 Å². The molecular formula is C105H178O16P2. The fourth-order valence-corrected chi connectivity index (χ4v) is 14.8. The molecule has 0 amide bonds. The molecule has 0 bridgehead atoms. The number of phosphoric acid groups is 2. The van der Waals surface area contributed by atoms with Crippen LogP contribution < -0.4 is 0 Å². The molecule has 704 valence electrons. The van der Waals surface area contributed by atoms with E-state index < -0.39 is 91.5 Å². The van der Waals surface area contributed by atoms with Crippen molar-refractivity contribution in [1.82, 2.24) is 0 Å². The Hall–Kier alpha value is -5.35. The lowest BCUT2D eigenvalue weighted by molar-refractivity contribution is -0.161. The minimum absolute atomic E-state index is 0.0919. The highest BCUT2D eigenvalue weighted by molar-refractivity contribution is 7.47. The van der Waals surface area contributed by atoms with E-state index in [1.165, 1.54) is 173 Å². The third-order valence-corrected chi connectivity index (χ3v) is 22.5. The lowest BCUT2D eigenvalue weighted by atomic mass is 10.0. The van der Waals surface area contributed by atoms with Gasteiger partial charge in [0.25, 0.3) is 0 Å². The second-order valence-corrected chi connectivity index (χ2v) is 35.4. The number of carbonyl (C=O) groups is 3. The van der Waals surface area contributed by atoms with E-state index in [1.54, 1.807) is 0 Å². The molecule has 0 aliphatic heterocycles. The van der Waals surface area contributed by atoms with E-state index in [-0.39, 0.29) is 19.3 Å². The van der Waals surface area contributed by atoms with Gasteiger partial charge in [0.2, 0.25) is 0 Å². The van der Waals surface area contributed by atoms with Gasteiger partial charge in [-0.1, -0.05) is 409 Å². The van der Waals surface area contributed by atoms with E-state index in [2.05, 4.69) is 203 Å². The number of carbonyl (C=O) groups excluding carboxylic acids is 3. The summed E-state index contributed by atoms with van der Waals surface area (Å²) >= 11 is 0. The Labute approximate surface area is 751 Å².